The van der Waals surface area contributed by atoms with Crippen LogP contribution in [-0.2, 0) is 26.3 Å². The van der Waals surface area contributed by atoms with Gasteiger partial charge in [0, 0.05) is 39.3 Å². The van der Waals surface area contributed by atoms with E-state index in [1.54, 1.807) is 24.0 Å². The minimum atomic E-state index is -3.70. The number of nitrogens with zero attached hydrogens (tertiary/aromatic N) is 4. The Hall–Kier alpha value is -2.55. The Bertz CT molecular complexity index is 1100. The highest BCUT2D eigenvalue weighted by atomic mass is 32.2. The fourth-order valence-corrected chi connectivity index (χ4v) is 6.68. The molecule has 2 atom stereocenters. The molecule has 11 heteroatoms. The SMILES string of the molecule is Cc1cc(CNC(=O)[C@H]2CCCN2C(=O)[C@H]2CCCN(S(=O)(=O)N3CC(C#N)C3)C2)ccc1F. The first kappa shape index (κ1) is 24.6. The molecule has 4 rings (SSSR count). The Balaban J connectivity index is 1.36. The number of nitriles is 1. The van der Waals surface area contributed by atoms with Gasteiger partial charge in [-0.05, 0) is 49.8 Å². The summed E-state index contributed by atoms with van der Waals surface area (Å²) in [5, 5.41) is 11.8. The van der Waals surface area contributed by atoms with Gasteiger partial charge in [0.1, 0.15) is 11.9 Å². The normalized spacial score (nSPS) is 24.4. The maximum atomic E-state index is 13.5. The van der Waals surface area contributed by atoms with Crippen molar-refractivity contribution < 1.29 is 22.4 Å². The summed E-state index contributed by atoms with van der Waals surface area (Å²) in [6, 6.07) is 6.15. The number of aryl methyl sites for hydroxylation is 1. The molecule has 0 unspecified atom stereocenters. The lowest BCUT2D eigenvalue weighted by molar-refractivity contribution is -0.142. The molecule has 0 spiro atoms. The Morgan fingerprint density at radius 3 is 2.59 bits per heavy atom. The van der Waals surface area contributed by atoms with E-state index < -0.39 is 22.2 Å². The van der Waals surface area contributed by atoms with E-state index in [1.165, 1.54) is 14.7 Å². The van der Waals surface area contributed by atoms with Crippen LogP contribution in [0.5, 0.6) is 0 Å². The Kier molecular flexibility index (Phi) is 7.21. The molecule has 184 valence electrons. The quantitative estimate of drug-likeness (QED) is 0.641. The van der Waals surface area contributed by atoms with Gasteiger partial charge >= 0.3 is 0 Å². The summed E-state index contributed by atoms with van der Waals surface area (Å²) in [7, 11) is -3.70. The van der Waals surface area contributed by atoms with Crippen molar-refractivity contribution in [3.05, 3.63) is 35.1 Å². The molecule has 1 N–H and O–H groups in total. The zero-order valence-corrected chi connectivity index (χ0v) is 20.1. The van der Waals surface area contributed by atoms with Gasteiger partial charge in [-0.2, -0.15) is 22.3 Å². The summed E-state index contributed by atoms with van der Waals surface area (Å²) >= 11 is 0. The zero-order chi connectivity index (χ0) is 24.5. The second kappa shape index (κ2) is 9.98. The first-order chi connectivity index (χ1) is 16.2. The van der Waals surface area contributed by atoms with Crippen LogP contribution in [-0.4, -0.2) is 72.5 Å². The molecule has 0 bridgehead atoms. The van der Waals surface area contributed by atoms with Crippen molar-refractivity contribution in [1.82, 2.24) is 18.8 Å². The highest BCUT2D eigenvalue weighted by Crippen LogP contribution is 2.29. The summed E-state index contributed by atoms with van der Waals surface area (Å²) in [5.74, 6) is -1.51. The number of rotatable bonds is 6. The third-order valence-electron chi connectivity index (χ3n) is 6.94. The molecule has 9 nitrogen and oxygen atoms in total. The van der Waals surface area contributed by atoms with Gasteiger partial charge in [0.15, 0.2) is 0 Å². The molecule has 34 heavy (non-hydrogen) atoms. The van der Waals surface area contributed by atoms with E-state index in [4.69, 9.17) is 5.26 Å². The smallest absolute Gasteiger partial charge is 0.282 e. The molecule has 0 saturated carbocycles. The highest BCUT2D eigenvalue weighted by molar-refractivity contribution is 7.86. The van der Waals surface area contributed by atoms with Crippen LogP contribution < -0.4 is 5.32 Å². The summed E-state index contributed by atoms with van der Waals surface area (Å²) < 4.78 is 41.9. The standard InChI is InChI=1S/C23H30FN5O4S/c1-16-10-17(6-7-20(16)24)12-26-22(30)21-5-3-9-29(21)23(31)19-4-2-8-27(15-19)34(32,33)28-13-18(11-25)14-28/h6-7,10,18-19,21H,2-5,8-9,12-15H2,1H3,(H,26,30)/t19-,21+/m0/s1. The van der Waals surface area contributed by atoms with Crippen LogP contribution in [0.2, 0.25) is 0 Å². The third-order valence-corrected chi connectivity index (χ3v) is 8.88. The fourth-order valence-electron chi connectivity index (χ4n) is 4.89. The van der Waals surface area contributed by atoms with Gasteiger partial charge in [0.2, 0.25) is 11.8 Å². The number of nitrogens with one attached hydrogen (secondary N) is 1. The summed E-state index contributed by atoms with van der Waals surface area (Å²) in [6.45, 7) is 3.19. The van der Waals surface area contributed by atoms with Gasteiger partial charge < -0.3 is 10.2 Å². The van der Waals surface area contributed by atoms with Crippen molar-refractivity contribution >= 4 is 22.0 Å². The number of amides is 2. The van der Waals surface area contributed by atoms with Crippen LogP contribution >= 0.6 is 0 Å². The summed E-state index contributed by atoms with van der Waals surface area (Å²) in [4.78, 5) is 27.8. The van der Waals surface area contributed by atoms with Crippen molar-refractivity contribution in [2.75, 3.05) is 32.7 Å². The number of benzene rings is 1. The Morgan fingerprint density at radius 2 is 1.88 bits per heavy atom. The fraction of sp³-hybridized carbons (Fsp3) is 0.609. The molecular formula is C23H30FN5O4S. The van der Waals surface area contributed by atoms with Gasteiger partial charge in [-0.25, -0.2) is 4.39 Å². The van der Waals surface area contributed by atoms with Gasteiger partial charge in [-0.3, -0.25) is 9.59 Å². The number of hydrogen-bond acceptors (Lipinski definition) is 5. The van der Waals surface area contributed by atoms with Gasteiger partial charge in [0.25, 0.3) is 10.2 Å². The van der Waals surface area contributed by atoms with E-state index >= 15 is 0 Å². The van der Waals surface area contributed by atoms with Crippen LogP contribution in [0, 0.1) is 35.9 Å². The topological polar surface area (TPSA) is 114 Å². The molecule has 3 heterocycles. The van der Waals surface area contributed by atoms with Crippen molar-refractivity contribution in [3.8, 4) is 6.07 Å². The zero-order valence-electron chi connectivity index (χ0n) is 19.2. The minimum Gasteiger partial charge on any atom is -0.350 e. The second-order valence-corrected chi connectivity index (χ2v) is 11.3. The number of carbonyl (C=O) groups is 2. The number of piperidine rings is 1. The average molecular weight is 492 g/mol. The van der Waals surface area contributed by atoms with E-state index in [2.05, 4.69) is 11.4 Å². The molecule has 1 aromatic rings. The Labute approximate surface area is 199 Å². The van der Waals surface area contributed by atoms with Gasteiger partial charge in [-0.1, -0.05) is 12.1 Å². The number of hydrogen-bond donors (Lipinski definition) is 1. The maximum absolute atomic E-state index is 13.5. The van der Waals surface area contributed by atoms with Crippen molar-refractivity contribution in [1.29, 1.82) is 5.26 Å². The van der Waals surface area contributed by atoms with E-state index in [9.17, 15) is 22.4 Å². The molecular weight excluding hydrogens is 461 g/mol. The Morgan fingerprint density at radius 1 is 1.15 bits per heavy atom. The van der Waals surface area contributed by atoms with Crippen LogP contribution in [0.3, 0.4) is 0 Å². The predicted octanol–water partition coefficient (Wildman–Crippen LogP) is 1.15. The largest absolute Gasteiger partial charge is 0.350 e. The molecule has 2 amide bonds. The molecule has 3 fully saturated rings. The monoisotopic (exact) mass is 491 g/mol. The van der Waals surface area contributed by atoms with E-state index in [0.717, 1.165) is 5.56 Å². The predicted molar refractivity (Wildman–Crippen MR) is 122 cm³/mol. The van der Waals surface area contributed by atoms with Crippen molar-refractivity contribution in [2.24, 2.45) is 11.8 Å². The van der Waals surface area contributed by atoms with Crippen LogP contribution in [0.25, 0.3) is 0 Å². The highest BCUT2D eigenvalue weighted by Gasteiger charge is 2.44. The van der Waals surface area contributed by atoms with Crippen LogP contribution in [0.15, 0.2) is 18.2 Å². The lowest BCUT2D eigenvalue weighted by Crippen LogP contribution is -2.57. The number of halogens is 1. The molecule has 0 radical (unpaired) electrons. The van der Waals surface area contributed by atoms with Crippen LogP contribution in [0.4, 0.5) is 4.39 Å². The lowest BCUT2D eigenvalue weighted by atomic mass is 9.97. The van der Waals surface area contributed by atoms with Gasteiger partial charge in [-0.15, -0.1) is 0 Å². The number of likely N-dealkylation sites (tertiary alicyclic amines) is 1. The minimum absolute atomic E-state index is 0.0918. The molecule has 3 aliphatic heterocycles. The molecule has 3 aliphatic rings. The van der Waals surface area contributed by atoms with E-state index in [1.807, 2.05) is 0 Å². The van der Waals surface area contributed by atoms with E-state index in [-0.39, 0.29) is 49.7 Å². The summed E-state index contributed by atoms with van der Waals surface area (Å²) in [5.41, 5.74) is 1.28. The molecule has 0 aromatic heterocycles. The summed E-state index contributed by atoms with van der Waals surface area (Å²) in [6.07, 6.45) is 2.40. The first-order valence-corrected chi connectivity index (χ1v) is 13.1. The van der Waals surface area contributed by atoms with Crippen LogP contribution in [0.1, 0.15) is 36.8 Å². The maximum Gasteiger partial charge on any atom is 0.282 e. The van der Waals surface area contributed by atoms with Crippen molar-refractivity contribution in [3.63, 3.8) is 0 Å². The average Bonchev–Trinajstić information content (AvgIpc) is 3.28. The molecule has 3 saturated heterocycles. The van der Waals surface area contributed by atoms with E-state index in [0.29, 0.717) is 44.3 Å². The van der Waals surface area contributed by atoms with Gasteiger partial charge in [0.05, 0.1) is 17.9 Å². The second-order valence-electron chi connectivity index (χ2n) is 9.34. The molecule has 0 aliphatic carbocycles. The molecule has 1 aromatic carbocycles. The first-order valence-electron chi connectivity index (χ1n) is 11.7. The van der Waals surface area contributed by atoms with Crippen molar-refractivity contribution in [2.45, 2.75) is 45.2 Å². The third kappa shape index (κ3) is 4.94. The lowest BCUT2D eigenvalue weighted by Gasteiger charge is -2.41. The number of carbonyl (C=O) groups excluding carboxylic acids is 2.